The quantitative estimate of drug-likeness (QED) is 0.596. The van der Waals surface area contributed by atoms with Gasteiger partial charge in [-0.25, -0.2) is 0 Å². The summed E-state index contributed by atoms with van der Waals surface area (Å²) in [7, 11) is 0. The maximum absolute atomic E-state index is 11.2. The van der Waals surface area contributed by atoms with Crippen LogP contribution in [0.15, 0.2) is 0 Å². The van der Waals surface area contributed by atoms with E-state index in [1.807, 2.05) is 18.7 Å². The summed E-state index contributed by atoms with van der Waals surface area (Å²) in [6, 6.07) is 0. The van der Waals surface area contributed by atoms with Gasteiger partial charge < -0.3 is 4.74 Å². The van der Waals surface area contributed by atoms with Gasteiger partial charge in [0, 0.05) is 5.75 Å². The Morgan fingerprint density at radius 2 is 2.55 bits per heavy atom. The lowest BCUT2D eigenvalue weighted by Crippen LogP contribution is -2.22. The maximum atomic E-state index is 11.2. The van der Waals surface area contributed by atoms with Crippen molar-refractivity contribution in [2.24, 2.45) is 5.92 Å². The van der Waals surface area contributed by atoms with Gasteiger partial charge in [-0.15, -0.1) is 0 Å². The number of hydrogen-bond acceptors (Lipinski definition) is 3. The van der Waals surface area contributed by atoms with Crippen molar-refractivity contribution >= 4 is 17.7 Å². The van der Waals surface area contributed by atoms with Crippen LogP contribution in [0.25, 0.3) is 0 Å². The van der Waals surface area contributed by atoms with Crippen LogP contribution in [0.4, 0.5) is 0 Å². The Hall–Kier alpha value is -0.180. The van der Waals surface area contributed by atoms with Gasteiger partial charge in [0.25, 0.3) is 0 Å². The van der Waals surface area contributed by atoms with Crippen LogP contribution < -0.4 is 0 Å². The van der Waals surface area contributed by atoms with Crippen LogP contribution in [-0.2, 0) is 9.53 Å². The van der Waals surface area contributed by atoms with Gasteiger partial charge in [-0.1, -0.05) is 0 Å². The molecule has 2 nitrogen and oxygen atoms in total. The average molecular weight is 174 g/mol. The Morgan fingerprint density at radius 1 is 1.73 bits per heavy atom. The SMILES string of the molecule is CCOC(=O)C1CCCSC1. The van der Waals surface area contributed by atoms with Crippen molar-refractivity contribution < 1.29 is 9.53 Å². The van der Waals surface area contributed by atoms with Gasteiger partial charge in [0.1, 0.15) is 0 Å². The van der Waals surface area contributed by atoms with Crippen molar-refractivity contribution in [1.82, 2.24) is 0 Å². The highest BCUT2D eigenvalue weighted by molar-refractivity contribution is 7.99. The van der Waals surface area contributed by atoms with Gasteiger partial charge in [0.05, 0.1) is 12.5 Å². The van der Waals surface area contributed by atoms with Crippen molar-refractivity contribution in [1.29, 1.82) is 0 Å². The van der Waals surface area contributed by atoms with E-state index in [4.69, 9.17) is 4.74 Å². The van der Waals surface area contributed by atoms with E-state index < -0.39 is 0 Å². The zero-order valence-corrected chi connectivity index (χ0v) is 7.65. The van der Waals surface area contributed by atoms with E-state index in [1.165, 1.54) is 5.75 Å². The zero-order valence-electron chi connectivity index (χ0n) is 6.84. The molecule has 11 heavy (non-hydrogen) atoms. The second-order valence-electron chi connectivity index (χ2n) is 2.67. The lowest BCUT2D eigenvalue weighted by molar-refractivity contribution is -0.147. The van der Waals surface area contributed by atoms with Gasteiger partial charge in [-0.05, 0) is 25.5 Å². The van der Waals surface area contributed by atoms with Gasteiger partial charge in [-0.3, -0.25) is 4.79 Å². The molecular weight excluding hydrogens is 160 g/mol. The van der Waals surface area contributed by atoms with Crippen LogP contribution in [0.2, 0.25) is 0 Å². The molecule has 1 aliphatic rings. The Morgan fingerprint density at radius 3 is 3.09 bits per heavy atom. The van der Waals surface area contributed by atoms with Gasteiger partial charge in [-0.2, -0.15) is 11.8 Å². The van der Waals surface area contributed by atoms with E-state index in [0.717, 1.165) is 18.6 Å². The molecule has 1 unspecified atom stereocenters. The second-order valence-corrected chi connectivity index (χ2v) is 3.82. The molecular formula is C8H14O2S. The monoisotopic (exact) mass is 174 g/mol. The van der Waals surface area contributed by atoms with Crippen LogP contribution in [-0.4, -0.2) is 24.1 Å². The van der Waals surface area contributed by atoms with Crippen LogP contribution in [0.3, 0.4) is 0 Å². The van der Waals surface area contributed by atoms with Crippen molar-refractivity contribution in [2.75, 3.05) is 18.1 Å². The van der Waals surface area contributed by atoms with Gasteiger partial charge in [0.2, 0.25) is 0 Å². The Bertz CT molecular complexity index is 130. The molecule has 1 aliphatic heterocycles. The number of esters is 1. The van der Waals surface area contributed by atoms with E-state index in [9.17, 15) is 4.79 Å². The van der Waals surface area contributed by atoms with Crippen LogP contribution >= 0.6 is 11.8 Å². The molecule has 0 bridgehead atoms. The summed E-state index contributed by atoms with van der Waals surface area (Å²) in [4.78, 5) is 11.2. The first kappa shape index (κ1) is 8.91. The highest BCUT2D eigenvalue weighted by Gasteiger charge is 2.21. The van der Waals surface area contributed by atoms with E-state index in [1.54, 1.807) is 0 Å². The molecule has 0 aromatic carbocycles. The van der Waals surface area contributed by atoms with E-state index in [-0.39, 0.29) is 11.9 Å². The summed E-state index contributed by atoms with van der Waals surface area (Å²) in [5.74, 6) is 2.34. The average Bonchev–Trinajstić information content (AvgIpc) is 2.07. The van der Waals surface area contributed by atoms with Crippen LogP contribution in [0, 0.1) is 5.92 Å². The van der Waals surface area contributed by atoms with Gasteiger partial charge >= 0.3 is 5.97 Å². The second kappa shape index (κ2) is 4.65. The fourth-order valence-corrected chi connectivity index (χ4v) is 2.31. The number of carbonyl (C=O) groups excluding carboxylic acids is 1. The number of hydrogen-bond donors (Lipinski definition) is 0. The third-order valence-corrected chi connectivity index (χ3v) is 3.00. The number of ether oxygens (including phenoxy) is 1. The minimum Gasteiger partial charge on any atom is -0.466 e. The number of carbonyl (C=O) groups is 1. The van der Waals surface area contributed by atoms with Crippen molar-refractivity contribution in [3.63, 3.8) is 0 Å². The lowest BCUT2D eigenvalue weighted by Gasteiger charge is -2.18. The Kier molecular flexibility index (Phi) is 3.77. The molecule has 0 aromatic heterocycles. The minimum atomic E-state index is -0.000278. The lowest BCUT2D eigenvalue weighted by atomic mass is 10.1. The third-order valence-electron chi connectivity index (χ3n) is 1.78. The first-order valence-electron chi connectivity index (χ1n) is 4.09. The van der Waals surface area contributed by atoms with Crippen molar-refractivity contribution in [3.8, 4) is 0 Å². The predicted molar refractivity (Wildman–Crippen MR) is 46.7 cm³/mol. The van der Waals surface area contributed by atoms with Gasteiger partial charge in [0.15, 0.2) is 0 Å². The smallest absolute Gasteiger partial charge is 0.309 e. The maximum Gasteiger partial charge on any atom is 0.309 e. The third kappa shape index (κ3) is 2.73. The largest absolute Gasteiger partial charge is 0.466 e. The van der Waals surface area contributed by atoms with E-state index in [2.05, 4.69) is 0 Å². The summed E-state index contributed by atoms with van der Waals surface area (Å²) in [6.45, 7) is 2.37. The fraction of sp³-hybridized carbons (Fsp3) is 0.875. The molecule has 64 valence electrons. The first-order chi connectivity index (χ1) is 5.34. The summed E-state index contributed by atoms with van der Waals surface area (Å²) in [5.41, 5.74) is 0. The van der Waals surface area contributed by atoms with Crippen molar-refractivity contribution in [3.05, 3.63) is 0 Å². The molecule has 0 amide bonds. The highest BCUT2D eigenvalue weighted by atomic mass is 32.2. The molecule has 0 radical (unpaired) electrons. The molecule has 0 aliphatic carbocycles. The Balaban J connectivity index is 2.27. The van der Waals surface area contributed by atoms with Crippen LogP contribution in [0.1, 0.15) is 19.8 Å². The topological polar surface area (TPSA) is 26.3 Å². The molecule has 0 N–H and O–H groups in total. The van der Waals surface area contributed by atoms with Crippen LogP contribution in [0.5, 0.6) is 0 Å². The zero-order chi connectivity index (χ0) is 8.10. The molecule has 1 saturated heterocycles. The highest BCUT2D eigenvalue weighted by Crippen LogP contribution is 2.23. The Labute approximate surface area is 71.7 Å². The fourth-order valence-electron chi connectivity index (χ4n) is 1.19. The number of thioether (sulfide) groups is 1. The summed E-state index contributed by atoms with van der Waals surface area (Å²) in [5, 5.41) is 0. The number of rotatable bonds is 2. The standard InChI is InChI=1S/C8H14O2S/c1-2-10-8(9)7-4-3-5-11-6-7/h7H,2-6H2,1H3. The predicted octanol–water partition coefficient (Wildman–Crippen LogP) is 1.69. The summed E-state index contributed by atoms with van der Waals surface area (Å²) >= 11 is 1.86. The molecule has 0 aromatic rings. The minimum absolute atomic E-state index is 0.000278. The first-order valence-corrected chi connectivity index (χ1v) is 5.24. The van der Waals surface area contributed by atoms with Crippen molar-refractivity contribution in [2.45, 2.75) is 19.8 Å². The molecule has 0 spiro atoms. The normalized spacial score (nSPS) is 24.6. The van der Waals surface area contributed by atoms with E-state index in [0.29, 0.717) is 6.61 Å². The molecule has 1 fully saturated rings. The molecule has 1 heterocycles. The summed E-state index contributed by atoms with van der Waals surface area (Å²) in [6.07, 6.45) is 2.18. The van der Waals surface area contributed by atoms with E-state index >= 15 is 0 Å². The molecule has 1 atom stereocenters. The molecule has 0 saturated carbocycles. The molecule has 1 rings (SSSR count). The summed E-state index contributed by atoms with van der Waals surface area (Å²) < 4.78 is 4.93. The molecule has 3 heteroatoms.